The van der Waals surface area contributed by atoms with Crippen LogP contribution in [0.4, 0.5) is 5.82 Å². The first kappa shape index (κ1) is 12.6. The van der Waals surface area contributed by atoms with Crippen LogP contribution < -0.4 is 10.6 Å². The van der Waals surface area contributed by atoms with E-state index in [1.54, 1.807) is 12.5 Å². The van der Waals surface area contributed by atoms with Gasteiger partial charge in [-0.1, -0.05) is 6.07 Å². The molecule has 0 aromatic carbocycles. The van der Waals surface area contributed by atoms with E-state index in [1.165, 1.54) is 5.56 Å². The number of aromatic nitrogens is 1. The minimum atomic E-state index is 0.130. The summed E-state index contributed by atoms with van der Waals surface area (Å²) in [6.07, 6.45) is 4.31. The number of nitrogens with two attached hydrogens (primary N) is 1. The van der Waals surface area contributed by atoms with Crippen molar-refractivity contribution in [2.24, 2.45) is 5.73 Å². The Morgan fingerprint density at radius 1 is 1.39 bits per heavy atom. The normalized spacial score (nSPS) is 12.4. The Labute approximate surface area is 107 Å². The van der Waals surface area contributed by atoms with Crippen molar-refractivity contribution in [1.82, 2.24) is 4.98 Å². The van der Waals surface area contributed by atoms with Crippen LogP contribution in [0.1, 0.15) is 18.2 Å². The Hall–Kier alpha value is -1.81. The van der Waals surface area contributed by atoms with Gasteiger partial charge < -0.3 is 15.1 Å². The third kappa shape index (κ3) is 3.11. The second kappa shape index (κ2) is 5.69. The minimum absolute atomic E-state index is 0.130. The average Bonchev–Trinajstić information content (AvgIpc) is 2.81. The van der Waals surface area contributed by atoms with Crippen molar-refractivity contribution in [2.45, 2.75) is 25.9 Å². The molecule has 96 valence electrons. The van der Waals surface area contributed by atoms with E-state index in [4.69, 9.17) is 10.2 Å². The van der Waals surface area contributed by atoms with Crippen molar-refractivity contribution in [3.05, 3.63) is 48.0 Å². The third-order valence-corrected chi connectivity index (χ3v) is 2.74. The lowest BCUT2D eigenvalue weighted by molar-refractivity contribution is 0.506. The van der Waals surface area contributed by atoms with Gasteiger partial charge in [-0.25, -0.2) is 4.98 Å². The molecule has 0 aliphatic carbocycles. The Bertz CT molecular complexity index is 480. The van der Waals surface area contributed by atoms with Crippen LogP contribution in [0.5, 0.6) is 0 Å². The molecule has 4 heteroatoms. The minimum Gasteiger partial charge on any atom is -0.467 e. The fourth-order valence-electron chi connectivity index (χ4n) is 1.99. The van der Waals surface area contributed by atoms with Crippen LogP contribution in [0.2, 0.25) is 0 Å². The number of rotatable bonds is 5. The van der Waals surface area contributed by atoms with Crippen LogP contribution >= 0.6 is 0 Å². The van der Waals surface area contributed by atoms with E-state index in [9.17, 15) is 0 Å². The molecule has 0 amide bonds. The Kier molecular flexibility index (Phi) is 3.99. The fraction of sp³-hybridized carbons (Fsp3) is 0.357. The highest BCUT2D eigenvalue weighted by molar-refractivity contribution is 5.46. The summed E-state index contributed by atoms with van der Waals surface area (Å²) in [6, 6.07) is 8.01. The van der Waals surface area contributed by atoms with Crippen molar-refractivity contribution < 1.29 is 4.42 Å². The van der Waals surface area contributed by atoms with E-state index >= 15 is 0 Å². The summed E-state index contributed by atoms with van der Waals surface area (Å²) >= 11 is 0. The van der Waals surface area contributed by atoms with Gasteiger partial charge in [0, 0.05) is 19.3 Å². The van der Waals surface area contributed by atoms with Gasteiger partial charge in [0.15, 0.2) is 0 Å². The van der Waals surface area contributed by atoms with Gasteiger partial charge in [0.25, 0.3) is 0 Å². The predicted molar refractivity (Wildman–Crippen MR) is 72.4 cm³/mol. The molecule has 2 aromatic rings. The SMILES string of the molecule is CC(N)Cc1cccnc1N(C)Cc1ccco1. The molecule has 0 bridgehead atoms. The summed E-state index contributed by atoms with van der Waals surface area (Å²) in [5.41, 5.74) is 7.03. The first-order valence-corrected chi connectivity index (χ1v) is 6.10. The molecule has 2 heterocycles. The molecule has 0 aliphatic rings. The van der Waals surface area contributed by atoms with Crippen molar-refractivity contribution in [3.8, 4) is 0 Å². The number of anilines is 1. The van der Waals surface area contributed by atoms with Crippen LogP contribution in [-0.2, 0) is 13.0 Å². The molecule has 18 heavy (non-hydrogen) atoms. The van der Waals surface area contributed by atoms with Crippen molar-refractivity contribution >= 4 is 5.82 Å². The molecule has 0 fully saturated rings. The molecule has 2 N–H and O–H groups in total. The maximum absolute atomic E-state index is 5.86. The van der Waals surface area contributed by atoms with Crippen LogP contribution in [0.3, 0.4) is 0 Å². The molecular weight excluding hydrogens is 226 g/mol. The van der Waals surface area contributed by atoms with Crippen molar-refractivity contribution in [2.75, 3.05) is 11.9 Å². The zero-order chi connectivity index (χ0) is 13.0. The summed E-state index contributed by atoms with van der Waals surface area (Å²) in [5, 5.41) is 0. The maximum atomic E-state index is 5.86. The van der Waals surface area contributed by atoms with Gasteiger partial charge in [0.2, 0.25) is 0 Å². The zero-order valence-corrected chi connectivity index (χ0v) is 10.8. The van der Waals surface area contributed by atoms with Gasteiger partial charge >= 0.3 is 0 Å². The van der Waals surface area contributed by atoms with Crippen LogP contribution in [-0.4, -0.2) is 18.1 Å². The molecular formula is C14H19N3O. The molecule has 0 radical (unpaired) electrons. The van der Waals surface area contributed by atoms with Crippen LogP contribution in [0.15, 0.2) is 41.1 Å². The van der Waals surface area contributed by atoms with E-state index in [-0.39, 0.29) is 6.04 Å². The molecule has 1 unspecified atom stereocenters. The maximum Gasteiger partial charge on any atom is 0.131 e. The highest BCUT2D eigenvalue weighted by Crippen LogP contribution is 2.19. The largest absolute Gasteiger partial charge is 0.467 e. The molecule has 0 saturated carbocycles. The smallest absolute Gasteiger partial charge is 0.131 e. The Morgan fingerprint density at radius 2 is 2.22 bits per heavy atom. The molecule has 0 spiro atoms. The van der Waals surface area contributed by atoms with Gasteiger partial charge in [-0.05, 0) is 37.1 Å². The highest BCUT2D eigenvalue weighted by atomic mass is 16.3. The lowest BCUT2D eigenvalue weighted by atomic mass is 10.1. The highest BCUT2D eigenvalue weighted by Gasteiger charge is 2.11. The summed E-state index contributed by atoms with van der Waals surface area (Å²) in [5.74, 6) is 1.89. The van der Waals surface area contributed by atoms with Gasteiger partial charge in [0.05, 0.1) is 12.8 Å². The molecule has 4 nitrogen and oxygen atoms in total. The van der Waals surface area contributed by atoms with E-state index < -0.39 is 0 Å². The Morgan fingerprint density at radius 3 is 2.89 bits per heavy atom. The lowest BCUT2D eigenvalue weighted by Gasteiger charge is -2.20. The number of hydrogen-bond acceptors (Lipinski definition) is 4. The second-order valence-electron chi connectivity index (χ2n) is 4.60. The van der Waals surface area contributed by atoms with E-state index in [0.29, 0.717) is 6.54 Å². The van der Waals surface area contributed by atoms with Crippen LogP contribution in [0.25, 0.3) is 0 Å². The summed E-state index contributed by atoms with van der Waals surface area (Å²) in [4.78, 5) is 6.52. The van der Waals surface area contributed by atoms with Crippen molar-refractivity contribution in [1.29, 1.82) is 0 Å². The van der Waals surface area contributed by atoms with E-state index in [1.807, 2.05) is 32.2 Å². The predicted octanol–water partition coefficient (Wildman–Crippen LogP) is 2.20. The third-order valence-electron chi connectivity index (χ3n) is 2.74. The van der Waals surface area contributed by atoms with Gasteiger partial charge in [-0.2, -0.15) is 0 Å². The topological polar surface area (TPSA) is 55.3 Å². The summed E-state index contributed by atoms with van der Waals surface area (Å²) in [6.45, 7) is 2.71. The first-order valence-electron chi connectivity index (χ1n) is 6.10. The van der Waals surface area contributed by atoms with Gasteiger partial charge in [-0.3, -0.25) is 0 Å². The second-order valence-corrected chi connectivity index (χ2v) is 4.60. The molecule has 0 aliphatic heterocycles. The lowest BCUT2D eigenvalue weighted by Crippen LogP contribution is -2.23. The van der Waals surface area contributed by atoms with Gasteiger partial charge in [-0.15, -0.1) is 0 Å². The zero-order valence-electron chi connectivity index (χ0n) is 10.8. The molecule has 0 saturated heterocycles. The standard InChI is InChI=1S/C14H19N3O/c1-11(15)9-12-5-3-7-16-14(12)17(2)10-13-6-4-8-18-13/h3-8,11H,9-10,15H2,1-2H3. The fourth-order valence-corrected chi connectivity index (χ4v) is 1.99. The quantitative estimate of drug-likeness (QED) is 0.877. The number of pyridine rings is 1. The first-order chi connectivity index (χ1) is 8.66. The van der Waals surface area contributed by atoms with E-state index in [0.717, 1.165) is 18.0 Å². The van der Waals surface area contributed by atoms with Crippen molar-refractivity contribution in [3.63, 3.8) is 0 Å². The average molecular weight is 245 g/mol. The molecule has 2 aromatic heterocycles. The monoisotopic (exact) mass is 245 g/mol. The Balaban J connectivity index is 2.16. The molecule has 1 atom stereocenters. The summed E-state index contributed by atoms with van der Waals surface area (Å²) < 4.78 is 5.35. The van der Waals surface area contributed by atoms with E-state index in [2.05, 4.69) is 16.0 Å². The number of furan rings is 1. The molecule has 2 rings (SSSR count). The number of nitrogens with zero attached hydrogens (tertiary/aromatic N) is 2. The number of hydrogen-bond donors (Lipinski definition) is 1. The van der Waals surface area contributed by atoms with Crippen LogP contribution in [0, 0.1) is 0 Å². The summed E-state index contributed by atoms with van der Waals surface area (Å²) in [7, 11) is 2.01. The van der Waals surface area contributed by atoms with Gasteiger partial charge in [0.1, 0.15) is 11.6 Å².